The van der Waals surface area contributed by atoms with Crippen molar-refractivity contribution in [3.8, 4) is 5.75 Å². The summed E-state index contributed by atoms with van der Waals surface area (Å²) in [6.07, 6.45) is 2.56. The van der Waals surface area contributed by atoms with E-state index in [1.807, 2.05) is 24.3 Å². The van der Waals surface area contributed by atoms with Crippen LogP contribution < -0.4 is 4.74 Å². The predicted octanol–water partition coefficient (Wildman–Crippen LogP) is 4.26. The first-order valence-corrected chi connectivity index (χ1v) is 7.94. The SMILES string of the molecule is CCc1ccc(OC)c(/C=C2/N=C(c3ccccc3Cl)OC2=O)c1. The number of carbonyl (C=O) groups excluding carboxylic acids is 1. The van der Waals surface area contributed by atoms with E-state index in [-0.39, 0.29) is 11.6 Å². The van der Waals surface area contributed by atoms with Crippen LogP contribution in [0.4, 0.5) is 0 Å². The molecule has 1 heterocycles. The number of aryl methyl sites for hydroxylation is 1. The number of ether oxygens (including phenoxy) is 2. The Balaban J connectivity index is 2.02. The summed E-state index contributed by atoms with van der Waals surface area (Å²) in [4.78, 5) is 16.4. The van der Waals surface area contributed by atoms with Crippen LogP contribution in [0.3, 0.4) is 0 Å². The largest absolute Gasteiger partial charge is 0.496 e. The number of methoxy groups -OCH3 is 1. The average Bonchev–Trinajstić information content (AvgIpc) is 2.95. The van der Waals surface area contributed by atoms with Crippen LogP contribution in [0.25, 0.3) is 6.08 Å². The first-order valence-electron chi connectivity index (χ1n) is 7.56. The summed E-state index contributed by atoms with van der Waals surface area (Å²) < 4.78 is 10.6. The maximum atomic E-state index is 12.1. The maximum absolute atomic E-state index is 12.1. The fourth-order valence-electron chi connectivity index (χ4n) is 2.42. The molecule has 3 rings (SSSR count). The Kier molecular flexibility index (Phi) is 4.67. The third kappa shape index (κ3) is 3.19. The second-order valence-electron chi connectivity index (χ2n) is 5.25. The Bertz CT molecular complexity index is 855. The van der Waals surface area contributed by atoms with Crippen LogP contribution in [-0.4, -0.2) is 19.0 Å². The van der Waals surface area contributed by atoms with Crippen LogP contribution in [0.15, 0.2) is 53.2 Å². The predicted molar refractivity (Wildman–Crippen MR) is 94.4 cm³/mol. The van der Waals surface area contributed by atoms with Gasteiger partial charge in [-0.1, -0.05) is 36.7 Å². The summed E-state index contributed by atoms with van der Waals surface area (Å²) in [5, 5.41) is 0.482. The molecule has 0 N–H and O–H groups in total. The summed E-state index contributed by atoms with van der Waals surface area (Å²) >= 11 is 6.14. The van der Waals surface area contributed by atoms with Crippen LogP contribution in [0.2, 0.25) is 5.02 Å². The lowest BCUT2D eigenvalue weighted by atomic mass is 10.1. The van der Waals surface area contributed by atoms with E-state index >= 15 is 0 Å². The van der Waals surface area contributed by atoms with Crippen molar-refractivity contribution in [3.05, 3.63) is 69.9 Å². The lowest BCUT2D eigenvalue weighted by Crippen LogP contribution is -2.05. The molecule has 0 unspecified atom stereocenters. The minimum Gasteiger partial charge on any atom is -0.496 e. The number of hydrogen-bond acceptors (Lipinski definition) is 4. The smallest absolute Gasteiger partial charge is 0.363 e. The molecule has 1 aliphatic heterocycles. The van der Waals surface area contributed by atoms with Gasteiger partial charge in [0.25, 0.3) is 0 Å². The summed E-state index contributed by atoms with van der Waals surface area (Å²) in [7, 11) is 1.59. The van der Waals surface area contributed by atoms with Crippen molar-refractivity contribution in [3.63, 3.8) is 0 Å². The summed E-state index contributed by atoms with van der Waals surface area (Å²) in [5.41, 5.74) is 2.74. The Labute approximate surface area is 145 Å². The van der Waals surface area contributed by atoms with Crippen molar-refractivity contribution >= 4 is 29.5 Å². The molecule has 24 heavy (non-hydrogen) atoms. The van der Waals surface area contributed by atoms with E-state index in [4.69, 9.17) is 21.1 Å². The van der Waals surface area contributed by atoms with Crippen molar-refractivity contribution in [1.29, 1.82) is 0 Å². The molecule has 0 aliphatic carbocycles. The second-order valence-corrected chi connectivity index (χ2v) is 5.65. The highest BCUT2D eigenvalue weighted by Crippen LogP contribution is 2.27. The molecule has 122 valence electrons. The number of hydrogen-bond donors (Lipinski definition) is 0. The number of cyclic esters (lactones) is 1. The first-order chi connectivity index (χ1) is 11.6. The van der Waals surface area contributed by atoms with Gasteiger partial charge in [0, 0.05) is 5.56 Å². The van der Waals surface area contributed by atoms with Gasteiger partial charge in [-0.2, -0.15) is 0 Å². The van der Waals surface area contributed by atoms with Crippen molar-refractivity contribution in [2.24, 2.45) is 4.99 Å². The summed E-state index contributed by atoms with van der Waals surface area (Å²) in [5.74, 6) is 0.380. The molecular weight excluding hydrogens is 326 g/mol. The molecule has 2 aromatic rings. The van der Waals surface area contributed by atoms with Gasteiger partial charge in [0.2, 0.25) is 5.90 Å². The number of nitrogens with zero attached hydrogens (tertiary/aromatic N) is 1. The fraction of sp³-hybridized carbons (Fsp3) is 0.158. The van der Waals surface area contributed by atoms with Gasteiger partial charge in [-0.05, 0) is 42.3 Å². The van der Waals surface area contributed by atoms with Crippen LogP contribution in [0.5, 0.6) is 5.75 Å². The number of carbonyl (C=O) groups is 1. The number of aliphatic imine (C=N–C) groups is 1. The van der Waals surface area contributed by atoms with E-state index < -0.39 is 5.97 Å². The molecule has 0 aromatic heterocycles. The van der Waals surface area contributed by atoms with Crippen LogP contribution in [-0.2, 0) is 16.0 Å². The van der Waals surface area contributed by atoms with Gasteiger partial charge < -0.3 is 9.47 Å². The number of esters is 1. The molecule has 0 saturated heterocycles. The van der Waals surface area contributed by atoms with Gasteiger partial charge in [-0.15, -0.1) is 0 Å². The quantitative estimate of drug-likeness (QED) is 0.616. The number of benzene rings is 2. The molecule has 0 saturated carbocycles. The molecule has 0 bridgehead atoms. The van der Waals surface area contributed by atoms with Gasteiger partial charge in [0.1, 0.15) is 5.75 Å². The maximum Gasteiger partial charge on any atom is 0.363 e. The molecule has 0 atom stereocenters. The lowest BCUT2D eigenvalue weighted by molar-refractivity contribution is -0.129. The zero-order chi connectivity index (χ0) is 17.1. The van der Waals surface area contributed by atoms with E-state index in [1.54, 1.807) is 31.4 Å². The zero-order valence-electron chi connectivity index (χ0n) is 13.4. The van der Waals surface area contributed by atoms with Crippen LogP contribution >= 0.6 is 11.6 Å². The second kappa shape index (κ2) is 6.89. The molecule has 1 aliphatic rings. The number of halogens is 1. The topological polar surface area (TPSA) is 47.9 Å². The molecule has 0 amide bonds. The van der Waals surface area contributed by atoms with Gasteiger partial charge in [0.05, 0.1) is 17.7 Å². The third-order valence-corrected chi connectivity index (χ3v) is 4.05. The highest BCUT2D eigenvalue weighted by molar-refractivity contribution is 6.34. The molecule has 4 nitrogen and oxygen atoms in total. The van der Waals surface area contributed by atoms with E-state index in [0.717, 1.165) is 17.5 Å². The van der Waals surface area contributed by atoms with Crippen LogP contribution in [0, 0.1) is 0 Å². The molecule has 0 radical (unpaired) electrons. The van der Waals surface area contributed by atoms with E-state index in [9.17, 15) is 4.79 Å². The van der Waals surface area contributed by atoms with Crippen molar-refractivity contribution < 1.29 is 14.3 Å². The van der Waals surface area contributed by atoms with Crippen molar-refractivity contribution in [1.82, 2.24) is 0 Å². The van der Waals surface area contributed by atoms with Crippen molar-refractivity contribution in [2.75, 3.05) is 7.11 Å². The van der Waals surface area contributed by atoms with Crippen molar-refractivity contribution in [2.45, 2.75) is 13.3 Å². The minimum atomic E-state index is -0.506. The van der Waals surface area contributed by atoms with E-state index in [2.05, 4.69) is 11.9 Å². The van der Waals surface area contributed by atoms with E-state index in [0.29, 0.717) is 16.3 Å². The Morgan fingerprint density at radius 3 is 2.75 bits per heavy atom. The highest BCUT2D eigenvalue weighted by atomic mass is 35.5. The van der Waals surface area contributed by atoms with E-state index in [1.165, 1.54) is 0 Å². The summed E-state index contributed by atoms with van der Waals surface area (Å²) in [6, 6.07) is 12.9. The Morgan fingerprint density at radius 1 is 1.25 bits per heavy atom. The lowest BCUT2D eigenvalue weighted by Gasteiger charge is -2.06. The third-order valence-electron chi connectivity index (χ3n) is 3.72. The average molecular weight is 342 g/mol. The Hall–Kier alpha value is -2.59. The zero-order valence-corrected chi connectivity index (χ0v) is 14.1. The van der Waals surface area contributed by atoms with Gasteiger partial charge in [-0.3, -0.25) is 0 Å². The molecule has 5 heteroatoms. The normalized spacial score (nSPS) is 15.4. The number of rotatable bonds is 4. The first kappa shape index (κ1) is 16.3. The molecular formula is C19H16ClNO3. The molecule has 2 aromatic carbocycles. The highest BCUT2D eigenvalue weighted by Gasteiger charge is 2.25. The van der Waals surface area contributed by atoms with Gasteiger partial charge >= 0.3 is 5.97 Å². The monoisotopic (exact) mass is 341 g/mol. The standard InChI is InChI=1S/C19H16ClNO3/c1-3-12-8-9-17(23-2)13(10-12)11-16-19(22)24-18(21-16)14-6-4-5-7-15(14)20/h4-11H,3H2,1-2H3/b16-11+. The van der Waals surface area contributed by atoms with Gasteiger partial charge in [0.15, 0.2) is 5.70 Å². The fourth-order valence-corrected chi connectivity index (χ4v) is 2.64. The summed E-state index contributed by atoms with van der Waals surface area (Å²) in [6.45, 7) is 2.07. The van der Waals surface area contributed by atoms with Crippen LogP contribution in [0.1, 0.15) is 23.6 Å². The molecule has 0 spiro atoms. The van der Waals surface area contributed by atoms with Gasteiger partial charge in [-0.25, -0.2) is 9.79 Å². The Morgan fingerprint density at radius 2 is 2.04 bits per heavy atom. The minimum absolute atomic E-state index is 0.211. The molecule has 0 fully saturated rings.